The van der Waals surface area contributed by atoms with Crippen molar-refractivity contribution in [1.29, 1.82) is 0 Å². The van der Waals surface area contributed by atoms with E-state index < -0.39 is 0 Å². The van der Waals surface area contributed by atoms with Gasteiger partial charge in [-0.15, -0.1) is 11.8 Å². The number of rotatable bonds is 3. The van der Waals surface area contributed by atoms with E-state index in [9.17, 15) is 4.79 Å². The summed E-state index contributed by atoms with van der Waals surface area (Å²) in [5.41, 5.74) is 7.51. The quantitative estimate of drug-likeness (QED) is 0.399. The average Bonchev–Trinajstić information content (AvgIpc) is 2.59. The Morgan fingerprint density at radius 3 is 2.67 bits per heavy atom. The maximum absolute atomic E-state index is 11.6. The molecule has 1 aliphatic rings. The van der Waals surface area contributed by atoms with Gasteiger partial charge in [-0.3, -0.25) is 4.79 Å². The Kier molecular flexibility index (Phi) is 4.50. The van der Waals surface area contributed by atoms with Gasteiger partial charge in [0.05, 0.1) is 11.6 Å². The van der Waals surface area contributed by atoms with Crippen LogP contribution in [0.2, 0.25) is 0 Å². The highest BCUT2D eigenvalue weighted by atomic mass is 32.2. The van der Waals surface area contributed by atoms with Crippen LogP contribution in [-0.4, -0.2) is 28.4 Å². The summed E-state index contributed by atoms with van der Waals surface area (Å²) in [5.74, 6) is -0.516. The highest BCUT2D eigenvalue weighted by Gasteiger charge is 2.27. The summed E-state index contributed by atoms with van der Waals surface area (Å²) < 4.78 is 0. The fraction of sp³-hybridized carbons (Fsp3) is 0.583. The standard InChI is InChI=1S/C12H17N3OS2/c1-17-11-8-6-4-3-5-7(10(13)16)9(8)14-12(15-11)18-2/h7H,3-6H2,1-2H3,(H2,13,16). The molecular formula is C12H17N3OS2. The second kappa shape index (κ2) is 5.93. The van der Waals surface area contributed by atoms with E-state index >= 15 is 0 Å². The van der Waals surface area contributed by atoms with Crippen LogP contribution in [0.1, 0.15) is 36.4 Å². The molecule has 0 aromatic carbocycles. The molecule has 1 unspecified atom stereocenters. The van der Waals surface area contributed by atoms with E-state index in [1.807, 2.05) is 12.5 Å². The van der Waals surface area contributed by atoms with E-state index in [0.29, 0.717) is 0 Å². The molecular weight excluding hydrogens is 266 g/mol. The van der Waals surface area contributed by atoms with Crippen molar-refractivity contribution in [3.63, 3.8) is 0 Å². The van der Waals surface area contributed by atoms with Crippen molar-refractivity contribution >= 4 is 29.4 Å². The van der Waals surface area contributed by atoms with Crippen molar-refractivity contribution in [2.24, 2.45) is 5.73 Å². The molecule has 0 saturated carbocycles. The van der Waals surface area contributed by atoms with Crippen LogP contribution in [0.15, 0.2) is 10.2 Å². The summed E-state index contributed by atoms with van der Waals surface area (Å²) in [7, 11) is 0. The summed E-state index contributed by atoms with van der Waals surface area (Å²) in [6.45, 7) is 0. The second-order valence-electron chi connectivity index (χ2n) is 4.28. The molecule has 2 N–H and O–H groups in total. The first-order valence-corrected chi connectivity index (χ1v) is 8.40. The molecule has 0 spiro atoms. The van der Waals surface area contributed by atoms with Gasteiger partial charge >= 0.3 is 0 Å². The molecule has 0 aliphatic heterocycles. The smallest absolute Gasteiger partial charge is 0.226 e. The molecule has 1 aromatic rings. The number of amides is 1. The SMILES string of the molecule is CSc1nc(SC)c2c(n1)C(C(N)=O)CCCC2. The third kappa shape index (κ3) is 2.64. The zero-order chi connectivity index (χ0) is 13.1. The predicted octanol–water partition coefficient (Wildman–Crippen LogP) is 2.22. The summed E-state index contributed by atoms with van der Waals surface area (Å²) in [4.78, 5) is 20.7. The molecule has 1 atom stereocenters. The fourth-order valence-corrected chi connectivity index (χ4v) is 3.37. The highest BCUT2D eigenvalue weighted by molar-refractivity contribution is 7.99. The number of carbonyl (C=O) groups excluding carboxylic acids is 1. The molecule has 98 valence electrons. The van der Waals surface area contributed by atoms with Gasteiger partial charge in [0.1, 0.15) is 5.03 Å². The van der Waals surface area contributed by atoms with Crippen molar-refractivity contribution < 1.29 is 4.79 Å². The van der Waals surface area contributed by atoms with Gasteiger partial charge in [0.15, 0.2) is 5.16 Å². The lowest BCUT2D eigenvalue weighted by atomic mass is 9.98. The molecule has 1 amide bonds. The molecule has 4 nitrogen and oxygen atoms in total. The van der Waals surface area contributed by atoms with Gasteiger partial charge in [-0.1, -0.05) is 18.2 Å². The highest BCUT2D eigenvalue weighted by Crippen LogP contribution is 2.34. The number of nitrogens with two attached hydrogens (primary N) is 1. The van der Waals surface area contributed by atoms with Crippen molar-refractivity contribution in [3.8, 4) is 0 Å². The van der Waals surface area contributed by atoms with E-state index in [2.05, 4.69) is 9.97 Å². The van der Waals surface area contributed by atoms with Crippen LogP contribution in [-0.2, 0) is 11.2 Å². The van der Waals surface area contributed by atoms with Crippen molar-refractivity contribution in [3.05, 3.63) is 11.3 Å². The number of fused-ring (bicyclic) bond motifs is 1. The van der Waals surface area contributed by atoms with Crippen LogP contribution < -0.4 is 5.73 Å². The maximum Gasteiger partial charge on any atom is 0.226 e. The van der Waals surface area contributed by atoms with Gasteiger partial charge in [0.2, 0.25) is 5.91 Å². The van der Waals surface area contributed by atoms with Crippen LogP contribution >= 0.6 is 23.5 Å². The van der Waals surface area contributed by atoms with Crippen LogP contribution in [0.3, 0.4) is 0 Å². The van der Waals surface area contributed by atoms with Gasteiger partial charge in [0, 0.05) is 5.56 Å². The van der Waals surface area contributed by atoms with Crippen LogP contribution in [0.5, 0.6) is 0 Å². The molecule has 1 heterocycles. The largest absolute Gasteiger partial charge is 0.369 e. The summed E-state index contributed by atoms with van der Waals surface area (Å²) in [6.07, 6.45) is 7.81. The van der Waals surface area contributed by atoms with E-state index in [1.165, 1.54) is 11.8 Å². The predicted molar refractivity (Wildman–Crippen MR) is 75.1 cm³/mol. The third-order valence-electron chi connectivity index (χ3n) is 3.20. The van der Waals surface area contributed by atoms with E-state index in [4.69, 9.17) is 5.73 Å². The molecule has 0 fully saturated rings. The Morgan fingerprint density at radius 2 is 2.06 bits per heavy atom. The van der Waals surface area contributed by atoms with E-state index in [0.717, 1.165) is 47.1 Å². The summed E-state index contributed by atoms with van der Waals surface area (Å²) in [5, 5.41) is 1.73. The minimum Gasteiger partial charge on any atom is -0.369 e. The minimum atomic E-state index is -0.268. The molecule has 6 heteroatoms. The monoisotopic (exact) mass is 283 g/mol. The van der Waals surface area contributed by atoms with Gasteiger partial charge in [-0.2, -0.15) is 0 Å². The molecule has 2 rings (SSSR count). The third-order valence-corrected chi connectivity index (χ3v) is 4.47. The second-order valence-corrected chi connectivity index (χ2v) is 5.85. The van der Waals surface area contributed by atoms with Crippen molar-refractivity contribution in [1.82, 2.24) is 9.97 Å². The number of aromatic nitrogens is 2. The zero-order valence-electron chi connectivity index (χ0n) is 10.6. The zero-order valence-corrected chi connectivity index (χ0v) is 12.2. The van der Waals surface area contributed by atoms with Gasteiger partial charge < -0.3 is 5.73 Å². The molecule has 1 aliphatic carbocycles. The minimum absolute atomic E-state index is 0.248. The maximum atomic E-state index is 11.6. The number of thioether (sulfide) groups is 2. The Labute approximate surface area is 116 Å². The Balaban J connectivity index is 2.57. The fourth-order valence-electron chi connectivity index (χ4n) is 2.31. The van der Waals surface area contributed by atoms with E-state index in [-0.39, 0.29) is 11.8 Å². The lowest BCUT2D eigenvalue weighted by Gasteiger charge is -2.15. The molecule has 18 heavy (non-hydrogen) atoms. The Morgan fingerprint density at radius 1 is 1.28 bits per heavy atom. The van der Waals surface area contributed by atoms with Crippen molar-refractivity contribution in [2.75, 3.05) is 12.5 Å². The lowest BCUT2D eigenvalue weighted by molar-refractivity contribution is -0.119. The average molecular weight is 283 g/mol. The molecule has 0 saturated heterocycles. The number of carbonyl (C=O) groups is 1. The molecule has 0 bridgehead atoms. The molecule has 1 aromatic heterocycles. The first-order chi connectivity index (χ1) is 8.67. The normalized spacial score (nSPS) is 19.1. The summed E-state index contributed by atoms with van der Waals surface area (Å²) in [6, 6.07) is 0. The first kappa shape index (κ1) is 13.7. The van der Waals surface area contributed by atoms with Crippen LogP contribution in [0.25, 0.3) is 0 Å². The Bertz CT molecular complexity index is 465. The lowest BCUT2D eigenvalue weighted by Crippen LogP contribution is -2.23. The number of hydrogen-bond acceptors (Lipinski definition) is 5. The van der Waals surface area contributed by atoms with Crippen molar-refractivity contribution in [2.45, 2.75) is 41.8 Å². The van der Waals surface area contributed by atoms with Gasteiger partial charge in [-0.25, -0.2) is 9.97 Å². The number of primary amides is 1. The van der Waals surface area contributed by atoms with Gasteiger partial charge in [0.25, 0.3) is 0 Å². The topological polar surface area (TPSA) is 68.9 Å². The van der Waals surface area contributed by atoms with Crippen LogP contribution in [0.4, 0.5) is 0 Å². The number of nitrogens with zero attached hydrogens (tertiary/aromatic N) is 2. The van der Waals surface area contributed by atoms with E-state index in [1.54, 1.807) is 11.8 Å². The van der Waals surface area contributed by atoms with Crippen LogP contribution in [0, 0.1) is 0 Å². The summed E-state index contributed by atoms with van der Waals surface area (Å²) >= 11 is 3.12. The Hall–Kier alpha value is -0.750. The van der Waals surface area contributed by atoms with Gasteiger partial charge in [-0.05, 0) is 31.8 Å². The number of hydrogen-bond donors (Lipinski definition) is 1. The first-order valence-electron chi connectivity index (χ1n) is 5.95. The molecule has 0 radical (unpaired) electrons.